The molecule has 0 spiro atoms. The van der Waals surface area contributed by atoms with Gasteiger partial charge in [-0.05, 0) is 30.1 Å². The molecule has 2 nitrogen and oxygen atoms in total. The SMILES string of the molecule is CC(=O)C(F)(F)CCC(C)(C)CC(C)(C)CCO. The van der Waals surface area contributed by atoms with Crippen LogP contribution < -0.4 is 0 Å². The van der Waals surface area contributed by atoms with E-state index in [1.807, 2.05) is 27.7 Å². The van der Waals surface area contributed by atoms with Crippen molar-refractivity contribution in [3.63, 3.8) is 0 Å². The van der Waals surface area contributed by atoms with Crippen LogP contribution in [0.1, 0.15) is 60.3 Å². The lowest BCUT2D eigenvalue weighted by molar-refractivity contribution is -0.142. The molecule has 0 aliphatic carbocycles. The van der Waals surface area contributed by atoms with Crippen LogP contribution in [0.3, 0.4) is 0 Å². The summed E-state index contributed by atoms with van der Waals surface area (Å²) < 4.78 is 26.5. The number of alkyl halides is 2. The summed E-state index contributed by atoms with van der Waals surface area (Å²) in [6.07, 6.45) is 1.30. The highest BCUT2D eigenvalue weighted by molar-refractivity contribution is 5.82. The van der Waals surface area contributed by atoms with Crippen molar-refractivity contribution in [2.24, 2.45) is 10.8 Å². The van der Waals surface area contributed by atoms with E-state index in [4.69, 9.17) is 5.11 Å². The molecule has 0 aromatic heterocycles. The van der Waals surface area contributed by atoms with Crippen molar-refractivity contribution >= 4 is 5.78 Å². The van der Waals surface area contributed by atoms with E-state index in [1.165, 1.54) is 0 Å². The molecular weight excluding hydrogens is 238 g/mol. The molecule has 18 heavy (non-hydrogen) atoms. The Labute approximate surface area is 109 Å². The Balaban J connectivity index is 4.45. The van der Waals surface area contributed by atoms with Gasteiger partial charge in [-0.3, -0.25) is 4.79 Å². The number of carbonyl (C=O) groups is 1. The highest BCUT2D eigenvalue weighted by atomic mass is 19.3. The van der Waals surface area contributed by atoms with Crippen LogP contribution in [0, 0.1) is 10.8 Å². The van der Waals surface area contributed by atoms with Crippen molar-refractivity contribution in [3.8, 4) is 0 Å². The average molecular weight is 264 g/mol. The van der Waals surface area contributed by atoms with Crippen molar-refractivity contribution in [2.45, 2.75) is 66.2 Å². The average Bonchev–Trinajstić information content (AvgIpc) is 2.13. The van der Waals surface area contributed by atoms with Crippen molar-refractivity contribution in [1.29, 1.82) is 0 Å². The Kier molecular flexibility index (Phi) is 5.92. The smallest absolute Gasteiger partial charge is 0.305 e. The van der Waals surface area contributed by atoms with Crippen molar-refractivity contribution < 1.29 is 18.7 Å². The number of halogens is 2. The van der Waals surface area contributed by atoms with Crippen LogP contribution in [0.2, 0.25) is 0 Å². The molecule has 0 radical (unpaired) electrons. The predicted octanol–water partition coefficient (Wildman–Crippen LogP) is 3.82. The Morgan fingerprint density at radius 3 is 1.83 bits per heavy atom. The van der Waals surface area contributed by atoms with E-state index in [1.54, 1.807) is 0 Å². The molecule has 0 aliphatic heterocycles. The second-order valence-corrected chi connectivity index (χ2v) is 6.74. The maximum Gasteiger partial charge on any atom is 0.305 e. The second kappa shape index (κ2) is 6.09. The zero-order valence-corrected chi connectivity index (χ0v) is 12.1. The summed E-state index contributed by atoms with van der Waals surface area (Å²) in [6, 6.07) is 0. The van der Waals surface area contributed by atoms with Crippen LogP contribution in [0.5, 0.6) is 0 Å². The first-order chi connectivity index (χ1) is 7.92. The van der Waals surface area contributed by atoms with Gasteiger partial charge in [0.05, 0.1) is 0 Å². The maximum atomic E-state index is 13.3. The number of carbonyl (C=O) groups excluding carboxylic acids is 1. The fourth-order valence-electron chi connectivity index (χ4n) is 2.45. The number of Topliss-reactive ketones (excluding diaryl/α,β-unsaturated/α-hetero) is 1. The summed E-state index contributed by atoms with van der Waals surface area (Å²) in [7, 11) is 0. The van der Waals surface area contributed by atoms with Gasteiger partial charge in [-0.25, -0.2) is 0 Å². The molecule has 0 rings (SSSR count). The summed E-state index contributed by atoms with van der Waals surface area (Å²) in [5, 5.41) is 8.97. The molecule has 1 N–H and O–H groups in total. The van der Waals surface area contributed by atoms with Crippen LogP contribution in [0.25, 0.3) is 0 Å². The van der Waals surface area contributed by atoms with E-state index < -0.39 is 18.1 Å². The standard InChI is InChI=1S/C14H26F2O2/c1-11(18)14(15,16)7-6-12(2,3)10-13(4,5)8-9-17/h17H,6-10H2,1-5H3. The topological polar surface area (TPSA) is 37.3 Å². The molecule has 0 saturated carbocycles. The van der Waals surface area contributed by atoms with Crippen LogP contribution in [0.4, 0.5) is 8.78 Å². The normalized spacial score (nSPS) is 13.8. The van der Waals surface area contributed by atoms with Crippen molar-refractivity contribution in [1.82, 2.24) is 0 Å². The number of hydrogen-bond acceptors (Lipinski definition) is 2. The Morgan fingerprint density at radius 2 is 1.44 bits per heavy atom. The van der Waals surface area contributed by atoms with Gasteiger partial charge in [-0.1, -0.05) is 27.7 Å². The van der Waals surface area contributed by atoms with Gasteiger partial charge in [0.2, 0.25) is 0 Å². The van der Waals surface area contributed by atoms with Gasteiger partial charge < -0.3 is 5.11 Å². The Bertz CT molecular complexity index is 284. The highest BCUT2D eigenvalue weighted by Gasteiger charge is 2.38. The molecule has 0 unspecified atom stereocenters. The fraction of sp³-hybridized carbons (Fsp3) is 0.929. The predicted molar refractivity (Wildman–Crippen MR) is 68.7 cm³/mol. The van der Waals surface area contributed by atoms with Gasteiger partial charge in [0, 0.05) is 20.0 Å². The zero-order valence-electron chi connectivity index (χ0n) is 12.1. The van der Waals surface area contributed by atoms with Crippen LogP contribution in [-0.2, 0) is 4.79 Å². The third-order valence-corrected chi connectivity index (χ3v) is 3.38. The van der Waals surface area contributed by atoms with Crippen LogP contribution in [0.15, 0.2) is 0 Å². The van der Waals surface area contributed by atoms with Crippen molar-refractivity contribution in [2.75, 3.05) is 6.61 Å². The monoisotopic (exact) mass is 264 g/mol. The maximum absolute atomic E-state index is 13.3. The third-order valence-electron chi connectivity index (χ3n) is 3.38. The number of ketones is 1. The molecule has 108 valence electrons. The lowest BCUT2D eigenvalue weighted by Crippen LogP contribution is -2.30. The molecule has 4 heteroatoms. The van der Waals surface area contributed by atoms with E-state index in [0.717, 1.165) is 13.3 Å². The van der Waals surface area contributed by atoms with Crippen LogP contribution >= 0.6 is 0 Å². The summed E-state index contributed by atoms with van der Waals surface area (Å²) in [5.41, 5.74) is -0.346. The van der Waals surface area contributed by atoms with E-state index in [0.29, 0.717) is 12.8 Å². The fourth-order valence-corrected chi connectivity index (χ4v) is 2.45. The largest absolute Gasteiger partial charge is 0.396 e. The minimum atomic E-state index is -3.21. The second-order valence-electron chi connectivity index (χ2n) is 6.74. The molecule has 0 aromatic rings. The molecule has 0 heterocycles. The summed E-state index contributed by atoms with van der Waals surface area (Å²) in [6.45, 7) is 8.95. The molecule has 0 amide bonds. The number of rotatable bonds is 8. The molecule has 0 bridgehead atoms. The third kappa shape index (κ3) is 6.43. The van der Waals surface area contributed by atoms with Gasteiger partial charge in [0.15, 0.2) is 5.78 Å². The van der Waals surface area contributed by atoms with Gasteiger partial charge in [0.1, 0.15) is 0 Å². The number of aliphatic hydroxyl groups is 1. The molecule has 0 aromatic carbocycles. The number of hydrogen-bond donors (Lipinski definition) is 1. The zero-order chi connectivity index (χ0) is 14.6. The molecule has 0 atom stereocenters. The first kappa shape index (κ1) is 17.5. The first-order valence-electron chi connectivity index (χ1n) is 6.42. The van der Waals surface area contributed by atoms with Gasteiger partial charge in [-0.15, -0.1) is 0 Å². The minimum absolute atomic E-state index is 0.0796. The van der Waals surface area contributed by atoms with E-state index in [-0.39, 0.29) is 17.4 Å². The Morgan fingerprint density at radius 1 is 1.00 bits per heavy atom. The minimum Gasteiger partial charge on any atom is -0.396 e. The van der Waals surface area contributed by atoms with Crippen LogP contribution in [-0.4, -0.2) is 23.4 Å². The van der Waals surface area contributed by atoms with E-state index in [9.17, 15) is 13.6 Å². The van der Waals surface area contributed by atoms with E-state index >= 15 is 0 Å². The Hall–Kier alpha value is -0.510. The lowest BCUT2D eigenvalue weighted by Gasteiger charge is -2.35. The van der Waals surface area contributed by atoms with Gasteiger partial charge >= 0.3 is 5.92 Å². The molecule has 0 aliphatic rings. The molecule has 0 fully saturated rings. The lowest BCUT2D eigenvalue weighted by atomic mass is 9.71. The van der Waals surface area contributed by atoms with Crippen molar-refractivity contribution in [3.05, 3.63) is 0 Å². The highest BCUT2D eigenvalue weighted by Crippen LogP contribution is 2.40. The molecule has 0 saturated heterocycles. The van der Waals surface area contributed by atoms with E-state index in [2.05, 4.69) is 0 Å². The molecular formula is C14H26F2O2. The van der Waals surface area contributed by atoms with Gasteiger partial charge in [0.25, 0.3) is 0 Å². The number of aliphatic hydroxyl groups excluding tert-OH is 1. The van der Waals surface area contributed by atoms with Gasteiger partial charge in [-0.2, -0.15) is 8.78 Å². The summed E-state index contributed by atoms with van der Waals surface area (Å²) >= 11 is 0. The quantitative estimate of drug-likeness (QED) is 0.723. The summed E-state index contributed by atoms with van der Waals surface area (Å²) in [4.78, 5) is 10.8. The first-order valence-corrected chi connectivity index (χ1v) is 6.42. The summed E-state index contributed by atoms with van der Waals surface area (Å²) in [5.74, 6) is -4.27.